The maximum absolute atomic E-state index is 13.4. The first kappa shape index (κ1) is 24.2. The SMILES string of the molecule is CCCCCCCCN1C(=O)C(c2ccc(NC(C)=O)cc2)=C(N(C)c2ccccc2)C1=O. The molecule has 1 heterocycles. The first-order valence-electron chi connectivity index (χ1n) is 11.7. The summed E-state index contributed by atoms with van der Waals surface area (Å²) in [6.45, 7) is 4.05. The lowest BCUT2D eigenvalue weighted by molar-refractivity contribution is -0.137. The molecule has 0 saturated heterocycles. The number of likely N-dealkylation sites (N-methyl/N-ethyl adjacent to an activating group) is 1. The molecule has 6 nitrogen and oxygen atoms in total. The standard InChI is InChI=1S/C27H33N3O3/c1-4-5-6-7-8-12-19-30-26(32)24(21-15-17-22(18-16-21)28-20(2)31)25(27(30)33)29(3)23-13-10-9-11-14-23/h9-11,13-18H,4-8,12,19H2,1-3H3,(H,28,31). The Morgan fingerprint density at radius 1 is 0.879 bits per heavy atom. The van der Waals surface area contributed by atoms with Gasteiger partial charge >= 0.3 is 0 Å². The van der Waals surface area contributed by atoms with E-state index >= 15 is 0 Å². The zero-order valence-electron chi connectivity index (χ0n) is 19.8. The fourth-order valence-electron chi connectivity index (χ4n) is 4.09. The van der Waals surface area contributed by atoms with Crippen molar-refractivity contribution in [3.63, 3.8) is 0 Å². The molecule has 174 valence electrons. The van der Waals surface area contributed by atoms with Crippen LogP contribution in [0.3, 0.4) is 0 Å². The van der Waals surface area contributed by atoms with Crippen LogP contribution in [0, 0.1) is 0 Å². The van der Waals surface area contributed by atoms with E-state index in [4.69, 9.17) is 0 Å². The number of anilines is 2. The van der Waals surface area contributed by atoms with Gasteiger partial charge in [0.2, 0.25) is 5.91 Å². The number of nitrogens with zero attached hydrogens (tertiary/aromatic N) is 2. The second-order valence-corrected chi connectivity index (χ2v) is 8.41. The number of rotatable bonds is 11. The van der Waals surface area contributed by atoms with Crippen LogP contribution in [0.15, 0.2) is 60.3 Å². The molecule has 3 amide bonds. The summed E-state index contributed by atoms with van der Waals surface area (Å²) in [6.07, 6.45) is 6.51. The molecular formula is C27H33N3O3. The summed E-state index contributed by atoms with van der Waals surface area (Å²) >= 11 is 0. The van der Waals surface area contributed by atoms with Gasteiger partial charge in [-0.3, -0.25) is 19.3 Å². The van der Waals surface area contributed by atoms with Gasteiger partial charge in [0.15, 0.2) is 0 Å². The van der Waals surface area contributed by atoms with Crippen LogP contribution in [-0.2, 0) is 14.4 Å². The van der Waals surface area contributed by atoms with Gasteiger partial charge in [-0.05, 0) is 36.2 Å². The Balaban J connectivity index is 1.88. The second-order valence-electron chi connectivity index (χ2n) is 8.41. The van der Waals surface area contributed by atoms with Crippen LogP contribution in [0.2, 0.25) is 0 Å². The Hall–Kier alpha value is -3.41. The molecule has 0 radical (unpaired) electrons. The normalized spacial score (nSPS) is 13.6. The van der Waals surface area contributed by atoms with E-state index < -0.39 is 0 Å². The van der Waals surface area contributed by atoms with Gasteiger partial charge in [0.25, 0.3) is 11.8 Å². The third-order valence-corrected chi connectivity index (χ3v) is 5.85. The van der Waals surface area contributed by atoms with Gasteiger partial charge in [0, 0.05) is 31.9 Å². The predicted octanol–water partition coefficient (Wildman–Crippen LogP) is 5.22. The van der Waals surface area contributed by atoms with Crippen LogP contribution in [-0.4, -0.2) is 36.2 Å². The molecule has 6 heteroatoms. The van der Waals surface area contributed by atoms with E-state index in [1.54, 1.807) is 29.2 Å². The van der Waals surface area contributed by atoms with Crippen LogP contribution in [0.5, 0.6) is 0 Å². The molecule has 0 fully saturated rings. The van der Waals surface area contributed by atoms with E-state index in [0.717, 1.165) is 24.9 Å². The Kier molecular flexibility index (Phi) is 8.41. The molecule has 33 heavy (non-hydrogen) atoms. The summed E-state index contributed by atoms with van der Waals surface area (Å²) in [5.74, 6) is -0.692. The molecule has 2 aromatic rings. The monoisotopic (exact) mass is 447 g/mol. The summed E-state index contributed by atoms with van der Waals surface area (Å²) in [5.41, 5.74) is 2.91. The number of nitrogens with one attached hydrogen (secondary N) is 1. The van der Waals surface area contributed by atoms with E-state index in [-0.39, 0.29) is 17.7 Å². The molecule has 0 unspecified atom stereocenters. The summed E-state index contributed by atoms with van der Waals surface area (Å²) < 4.78 is 0. The van der Waals surface area contributed by atoms with E-state index in [1.165, 1.54) is 31.1 Å². The number of amides is 3. The molecule has 0 spiro atoms. The first-order chi connectivity index (χ1) is 15.9. The van der Waals surface area contributed by atoms with Crippen LogP contribution >= 0.6 is 0 Å². The van der Waals surface area contributed by atoms with Gasteiger partial charge in [-0.1, -0.05) is 69.4 Å². The lowest BCUT2D eigenvalue weighted by Gasteiger charge is -2.21. The zero-order valence-corrected chi connectivity index (χ0v) is 19.8. The van der Waals surface area contributed by atoms with Gasteiger partial charge in [0.1, 0.15) is 5.70 Å². The van der Waals surface area contributed by atoms with Crippen molar-refractivity contribution >= 4 is 34.7 Å². The number of benzene rings is 2. The third kappa shape index (κ3) is 5.89. The summed E-state index contributed by atoms with van der Waals surface area (Å²) in [6, 6.07) is 16.6. The highest BCUT2D eigenvalue weighted by molar-refractivity contribution is 6.36. The largest absolute Gasteiger partial charge is 0.339 e. The van der Waals surface area contributed by atoms with E-state index in [9.17, 15) is 14.4 Å². The fourth-order valence-corrected chi connectivity index (χ4v) is 4.09. The van der Waals surface area contributed by atoms with Crippen molar-refractivity contribution < 1.29 is 14.4 Å². The van der Waals surface area contributed by atoms with E-state index in [2.05, 4.69) is 12.2 Å². The zero-order chi connectivity index (χ0) is 23.8. The predicted molar refractivity (Wildman–Crippen MR) is 133 cm³/mol. The molecular weight excluding hydrogens is 414 g/mol. The van der Waals surface area contributed by atoms with Gasteiger partial charge in [-0.2, -0.15) is 0 Å². The minimum atomic E-state index is -0.265. The fraction of sp³-hybridized carbons (Fsp3) is 0.370. The average molecular weight is 448 g/mol. The number of para-hydroxylation sites is 1. The number of hydrogen-bond donors (Lipinski definition) is 1. The van der Waals surface area contributed by atoms with Gasteiger partial charge < -0.3 is 10.2 Å². The summed E-state index contributed by atoms with van der Waals surface area (Å²) in [4.78, 5) is 41.4. The van der Waals surface area contributed by atoms with Crippen LogP contribution < -0.4 is 10.2 Å². The van der Waals surface area contributed by atoms with Crippen LogP contribution in [0.1, 0.15) is 57.9 Å². The van der Waals surface area contributed by atoms with Crippen LogP contribution in [0.25, 0.3) is 5.57 Å². The molecule has 0 aromatic heterocycles. The highest BCUT2D eigenvalue weighted by atomic mass is 16.2. The van der Waals surface area contributed by atoms with Crippen molar-refractivity contribution in [1.29, 1.82) is 0 Å². The highest BCUT2D eigenvalue weighted by Gasteiger charge is 2.40. The van der Waals surface area contributed by atoms with Crippen molar-refractivity contribution in [2.75, 3.05) is 23.8 Å². The summed E-state index contributed by atoms with van der Waals surface area (Å²) in [5, 5.41) is 2.73. The smallest absolute Gasteiger partial charge is 0.278 e. The van der Waals surface area contributed by atoms with Crippen molar-refractivity contribution in [2.24, 2.45) is 0 Å². The molecule has 0 atom stereocenters. The molecule has 1 aliphatic rings. The molecule has 3 rings (SSSR count). The van der Waals surface area contributed by atoms with Gasteiger partial charge in [-0.25, -0.2) is 0 Å². The topological polar surface area (TPSA) is 69.7 Å². The minimum Gasteiger partial charge on any atom is -0.339 e. The molecule has 2 aromatic carbocycles. The Bertz CT molecular complexity index is 1010. The van der Waals surface area contributed by atoms with Gasteiger partial charge in [-0.15, -0.1) is 0 Å². The number of imide groups is 1. The minimum absolute atomic E-state index is 0.163. The van der Waals surface area contributed by atoms with E-state index in [1.807, 2.05) is 37.4 Å². The number of carbonyl (C=O) groups is 3. The lowest BCUT2D eigenvalue weighted by Crippen LogP contribution is -2.35. The van der Waals surface area contributed by atoms with E-state index in [0.29, 0.717) is 29.1 Å². The molecule has 1 aliphatic heterocycles. The maximum atomic E-state index is 13.4. The van der Waals surface area contributed by atoms with Gasteiger partial charge in [0.05, 0.1) is 5.57 Å². The van der Waals surface area contributed by atoms with Crippen molar-refractivity contribution in [1.82, 2.24) is 4.90 Å². The second kappa shape index (κ2) is 11.5. The number of unbranched alkanes of at least 4 members (excludes halogenated alkanes) is 5. The lowest BCUT2D eigenvalue weighted by atomic mass is 10.0. The molecule has 0 bridgehead atoms. The third-order valence-electron chi connectivity index (χ3n) is 5.85. The van der Waals surface area contributed by atoms with Crippen molar-refractivity contribution in [3.8, 4) is 0 Å². The Morgan fingerprint density at radius 3 is 2.15 bits per heavy atom. The van der Waals surface area contributed by atoms with Crippen LogP contribution in [0.4, 0.5) is 11.4 Å². The summed E-state index contributed by atoms with van der Waals surface area (Å²) in [7, 11) is 1.82. The van der Waals surface area contributed by atoms with Crippen molar-refractivity contribution in [3.05, 3.63) is 65.9 Å². The maximum Gasteiger partial charge on any atom is 0.278 e. The number of hydrogen-bond acceptors (Lipinski definition) is 4. The molecule has 0 aliphatic carbocycles. The Morgan fingerprint density at radius 2 is 1.52 bits per heavy atom. The highest BCUT2D eigenvalue weighted by Crippen LogP contribution is 2.34. The molecule has 1 N–H and O–H groups in total. The number of carbonyl (C=O) groups excluding carboxylic acids is 3. The quantitative estimate of drug-likeness (QED) is 0.379. The van der Waals surface area contributed by atoms with Crippen molar-refractivity contribution in [2.45, 2.75) is 52.4 Å². The molecule has 0 saturated carbocycles. The average Bonchev–Trinajstić information content (AvgIpc) is 3.06. The Labute approximate surface area is 196 Å². The first-order valence-corrected chi connectivity index (χ1v) is 11.7.